The lowest BCUT2D eigenvalue weighted by atomic mass is 9.33. The minimum absolute atomic E-state index is 0.0628. The SMILES string of the molecule is CC=C(C)C(=O)OC1C(OC(=O)C(C)=CC)C2(CO)C(O)CC3(C)C(=CCC4C5(C)CCC(OC6OC(C(=O)O)C(O)C(OC7OC(CO)C(O)C7O)C6OC6OCC(O)C(O)C6O)C(C)(CO)C5CCC43C)C2CC1(C)C. The van der Waals surface area contributed by atoms with Crippen molar-refractivity contribution >= 4 is 17.9 Å². The molecule has 0 amide bonds. The molecule has 0 aromatic rings. The molecule has 0 aromatic heterocycles. The molecule has 25 atom stereocenters. The number of carboxylic acid groups (broad SMARTS) is 1. The van der Waals surface area contributed by atoms with Gasteiger partial charge in [-0.1, -0.05) is 65.3 Å². The Bertz CT molecular complexity index is 2320. The molecule has 25 unspecified atom stereocenters. The lowest BCUT2D eigenvalue weighted by Gasteiger charge is -2.72. The van der Waals surface area contributed by atoms with Crippen LogP contribution >= 0.6 is 0 Å². The monoisotopic (exact) mass is 1110 g/mol. The third-order valence-electron chi connectivity index (χ3n) is 21.0. The fourth-order valence-corrected chi connectivity index (χ4v) is 15.9. The van der Waals surface area contributed by atoms with Gasteiger partial charge in [0.05, 0.1) is 44.1 Å². The van der Waals surface area contributed by atoms with Crippen LogP contribution < -0.4 is 0 Å². The molecule has 8 rings (SSSR count). The lowest BCUT2D eigenvalue weighted by Crippen LogP contribution is -2.72. The Morgan fingerprint density at radius 3 is 1.88 bits per heavy atom. The fraction of sp³-hybridized carbons (Fsp3) is 0.839. The zero-order chi connectivity index (χ0) is 57.6. The van der Waals surface area contributed by atoms with Crippen molar-refractivity contribution in [2.24, 2.45) is 50.2 Å². The van der Waals surface area contributed by atoms with E-state index in [1.165, 1.54) is 0 Å². The van der Waals surface area contributed by atoms with Crippen LogP contribution in [0.2, 0.25) is 0 Å². The number of hydrogen-bond donors (Lipinski definition) is 11. The maximum absolute atomic E-state index is 13.8. The Hall–Kier alpha value is -3.01. The van der Waals surface area contributed by atoms with Crippen LogP contribution in [0.5, 0.6) is 0 Å². The molecule has 22 nitrogen and oxygen atoms in total. The first-order valence-corrected chi connectivity index (χ1v) is 27.6. The second kappa shape index (κ2) is 22.3. The predicted octanol–water partition coefficient (Wildman–Crippen LogP) is 0.903. The normalized spacial score (nSPS) is 49.3. The van der Waals surface area contributed by atoms with E-state index in [-0.39, 0.29) is 24.7 Å². The highest BCUT2D eigenvalue weighted by atomic mass is 16.8. The number of aliphatic hydroxyl groups excluding tert-OH is 10. The number of aliphatic hydroxyl groups is 10. The number of hydrogen-bond acceptors (Lipinski definition) is 21. The van der Waals surface area contributed by atoms with E-state index in [1.807, 2.05) is 20.8 Å². The van der Waals surface area contributed by atoms with Crippen LogP contribution in [0.15, 0.2) is 34.9 Å². The topological polar surface area (TPSA) is 348 Å². The Morgan fingerprint density at radius 1 is 0.692 bits per heavy atom. The van der Waals surface area contributed by atoms with Crippen molar-refractivity contribution in [3.63, 3.8) is 0 Å². The number of ether oxygens (including phenoxy) is 8. The van der Waals surface area contributed by atoms with Crippen molar-refractivity contribution in [3.8, 4) is 0 Å². The van der Waals surface area contributed by atoms with E-state index in [0.29, 0.717) is 43.3 Å². The summed E-state index contributed by atoms with van der Waals surface area (Å²) in [5.74, 6) is -3.75. The Balaban J connectivity index is 1.13. The van der Waals surface area contributed by atoms with E-state index in [2.05, 4.69) is 26.8 Å². The molecule has 11 N–H and O–H groups in total. The molecular weight excluding hydrogens is 1020 g/mol. The van der Waals surface area contributed by atoms with Crippen LogP contribution in [0.3, 0.4) is 0 Å². The molecule has 78 heavy (non-hydrogen) atoms. The van der Waals surface area contributed by atoms with Gasteiger partial charge in [-0.3, -0.25) is 0 Å². The number of allylic oxidation sites excluding steroid dienone is 4. The molecule has 3 saturated heterocycles. The molecule has 0 aromatic carbocycles. The van der Waals surface area contributed by atoms with Crippen molar-refractivity contribution in [1.29, 1.82) is 0 Å². The number of fused-ring (bicyclic) bond motifs is 7. The minimum Gasteiger partial charge on any atom is -0.479 e. The van der Waals surface area contributed by atoms with Crippen molar-refractivity contribution in [1.82, 2.24) is 0 Å². The average molecular weight is 1110 g/mol. The summed E-state index contributed by atoms with van der Waals surface area (Å²) in [6.45, 7) is 16.9. The second-order valence-corrected chi connectivity index (χ2v) is 25.4. The summed E-state index contributed by atoms with van der Waals surface area (Å²) in [4.78, 5) is 40.2. The van der Waals surface area contributed by atoms with Crippen molar-refractivity contribution in [2.75, 3.05) is 26.4 Å². The quantitative estimate of drug-likeness (QED) is 0.0498. The molecule has 4 saturated carbocycles. The third kappa shape index (κ3) is 9.65. The summed E-state index contributed by atoms with van der Waals surface area (Å²) in [5, 5.41) is 122. The molecule has 0 radical (unpaired) electrons. The number of aliphatic carboxylic acids is 1. The van der Waals surface area contributed by atoms with Gasteiger partial charge in [0, 0.05) is 22.0 Å². The standard InChI is InChI=1S/C56H86O22/c1-11-25(3)46(69)77-43-44(78-47(70)26(4)12-2)56(24-59)28(19-51(43,5)6)27-13-14-32-52(7)17-16-34(53(8,23-58)31(52)15-18-54(32,9)55(27,10)20-33(56)61)73-50-42(76-48-37(64)35(62)29(60)22-71-48)40(39(66)41(75-50)45(67)68)74-49-38(65)36(63)30(21-57)72-49/h11-13,28-44,48-50,57-66H,14-24H2,1-10H3,(H,67,68). The number of carbonyl (C=O) groups excluding carboxylic acids is 2. The van der Waals surface area contributed by atoms with E-state index in [1.54, 1.807) is 39.8 Å². The average Bonchev–Trinajstić information content (AvgIpc) is 3.77. The number of rotatable bonds is 14. The van der Waals surface area contributed by atoms with Gasteiger partial charge >= 0.3 is 17.9 Å². The molecule has 3 aliphatic heterocycles. The number of esters is 2. The highest BCUT2D eigenvalue weighted by Crippen LogP contribution is 2.76. The van der Waals surface area contributed by atoms with Crippen molar-refractivity contribution < 1.29 is 108 Å². The number of carboxylic acids is 1. The van der Waals surface area contributed by atoms with Crippen molar-refractivity contribution in [2.45, 2.75) is 219 Å². The summed E-state index contributed by atoms with van der Waals surface area (Å²) in [5.41, 5.74) is -3.39. The predicted molar refractivity (Wildman–Crippen MR) is 271 cm³/mol. The van der Waals surface area contributed by atoms with Crippen molar-refractivity contribution in [3.05, 3.63) is 34.9 Å². The van der Waals surface area contributed by atoms with Crippen LogP contribution in [0.25, 0.3) is 0 Å². The van der Waals surface area contributed by atoms with Gasteiger partial charge in [-0.2, -0.15) is 0 Å². The van der Waals surface area contributed by atoms with Gasteiger partial charge < -0.3 is 94.1 Å². The molecule has 5 aliphatic carbocycles. The highest BCUT2D eigenvalue weighted by Gasteiger charge is 2.74. The summed E-state index contributed by atoms with van der Waals surface area (Å²) in [7, 11) is 0. The molecule has 3 heterocycles. The van der Waals surface area contributed by atoms with Crippen LogP contribution in [0.1, 0.15) is 114 Å². The Morgan fingerprint density at radius 2 is 1.31 bits per heavy atom. The second-order valence-electron chi connectivity index (χ2n) is 25.4. The maximum atomic E-state index is 13.8. The minimum atomic E-state index is -2.10. The van der Waals surface area contributed by atoms with Gasteiger partial charge in [-0.25, -0.2) is 14.4 Å². The summed E-state index contributed by atoms with van der Waals surface area (Å²) < 4.78 is 48.9. The molecular formula is C56H86O22. The molecule has 442 valence electrons. The number of carbonyl (C=O) groups is 3. The van der Waals surface area contributed by atoms with E-state index in [0.717, 1.165) is 5.57 Å². The smallest absolute Gasteiger partial charge is 0.335 e. The zero-order valence-corrected chi connectivity index (χ0v) is 46.5. The van der Waals surface area contributed by atoms with Gasteiger partial charge in [-0.15, -0.1) is 0 Å². The van der Waals surface area contributed by atoms with Crippen LogP contribution in [0.4, 0.5) is 0 Å². The first-order valence-electron chi connectivity index (χ1n) is 27.6. The first kappa shape index (κ1) is 61.1. The van der Waals surface area contributed by atoms with E-state index < -0.39 is 187 Å². The largest absolute Gasteiger partial charge is 0.479 e. The Kier molecular flexibility index (Phi) is 17.4. The van der Waals surface area contributed by atoms with E-state index >= 15 is 0 Å². The summed E-state index contributed by atoms with van der Waals surface area (Å²) in [6.07, 6.45) is -18.9. The lowest BCUT2D eigenvalue weighted by molar-refractivity contribution is -0.381. The summed E-state index contributed by atoms with van der Waals surface area (Å²) >= 11 is 0. The first-order chi connectivity index (χ1) is 36.5. The van der Waals surface area contributed by atoms with Gasteiger partial charge in [0.15, 0.2) is 31.1 Å². The van der Waals surface area contributed by atoms with E-state index in [4.69, 9.17) is 37.9 Å². The molecule has 22 heteroatoms. The highest BCUT2D eigenvalue weighted by molar-refractivity contribution is 5.89. The van der Waals surface area contributed by atoms with Crippen LogP contribution in [0, 0.1) is 50.2 Å². The van der Waals surface area contributed by atoms with Crippen LogP contribution in [-0.2, 0) is 52.3 Å². The Labute approximate surface area is 455 Å². The molecule has 7 fully saturated rings. The maximum Gasteiger partial charge on any atom is 0.335 e. The molecule has 8 aliphatic rings. The van der Waals surface area contributed by atoms with Gasteiger partial charge in [0.25, 0.3) is 0 Å². The van der Waals surface area contributed by atoms with E-state index in [9.17, 15) is 70.6 Å². The zero-order valence-electron chi connectivity index (χ0n) is 46.5. The van der Waals surface area contributed by atoms with Gasteiger partial charge in [0.2, 0.25) is 0 Å². The molecule has 0 bridgehead atoms. The molecule has 0 spiro atoms. The summed E-state index contributed by atoms with van der Waals surface area (Å²) in [6, 6.07) is 0. The van der Waals surface area contributed by atoms with Gasteiger partial charge in [0.1, 0.15) is 61.0 Å². The third-order valence-corrected chi connectivity index (χ3v) is 21.0. The fourth-order valence-electron chi connectivity index (χ4n) is 15.9. The van der Waals surface area contributed by atoms with Crippen LogP contribution in [-0.4, -0.2) is 205 Å². The van der Waals surface area contributed by atoms with Gasteiger partial charge in [-0.05, 0) is 107 Å².